The number of nitrogens with zero attached hydrogens (tertiary/aromatic N) is 1. The molecule has 0 aromatic heterocycles. The number of nitrogens with one attached hydrogen (secondary N) is 1. The van der Waals surface area contributed by atoms with E-state index >= 15 is 0 Å². The molecule has 1 aromatic rings. The topological polar surface area (TPSA) is 78.9 Å². The number of amides is 2. The molecular formula is C20H28N2O4. The minimum absolute atomic E-state index is 0.107. The van der Waals surface area contributed by atoms with Crippen LogP contribution in [-0.4, -0.2) is 48.8 Å². The highest BCUT2D eigenvalue weighted by molar-refractivity contribution is 5.76. The van der Waals surface area contributed by atoms with Crippen molar-refractivity contribution in [1.29, 1.82) is 0 Å². The molecule has 1 unspecified atom stereocenters. The van der Waals surface area contributed by atoms with E-state index in [1.54, 1.807) is 12.0 Å². The molecule has 142 valence electrons. The summed E-state index contributed by atoms with van der Waals surface area (Å²) < 4.78 is 5.56. The van der Waals surface area contributed by atoms with Crippen LogP contribution in [0.4, 0.5) is 4.79 Å². The number of hydrogen-bond donors (Lipinski definition) is 2. The summed E-state index contributed by atoms with van der Waals surface area (Å²) >= 11 is 0. The van der Waals surface area contributed by atoms with E-state index in [-0.39, 0.29) is 11.4 Å². The summed E-state index contributed by atoms with van der Waals surface area (Å²) in [4.78, 5) is 25.5. The number of carbonyl (C=O) groups excluding carboxylic acids is 1. The van der Waals surface area contributed by atoms with E-state index in [0.29, 0.717) is 26.1 Å². The summed E-state index contributed by atoms with van der Waals surface area (Å²) in [6.07, 6.45) is 5.69. The van der Waals surface area contributed by atoms with Gasteiger partial charge in [0.25, 0.3) is 0 Å². The fraction of sp³-hybridized carbons (Fsp3) is 0.600. The Bertz CT molecular complexity index is 655. The second-order valence-corrected chi connectivity index (χ2v) is 7.47. The third-order valence-corrected chi connectivity index (χ3v) is 5.87. The molecule has 1 heterocycles. The van der Waals surface area contributed by atoms with Crippen LogP contribution in [0, 0.1) is 5.92 Å². The summed E-state index contributed by atoms with van der Waals surface area (Å²) in [5.41, 5.74) is 1.05. The number of rotatable bonds is 5. The SMILES string of the molecule is COc1ccccc1C1(CNC(=O)N2CCCC(C(=O)O)C2)CCCC1. The third-order valence-electron chi connectivity index (χ3n) is 5.87. The molecule has 2 amide bonds. The molecule has 6 nitrogen and oxygen atoms in total. The number of hydrogen-bond acceptors (Lipinski definition) is 3. The van der Waals surface area contributed by atoms with E-state index in [0.717, 1.165) is 43.4 Å². The number of para-hydroxylation sites is 1. The van der Waals surface area contributed by atoms with Crippen molar-refractivity contribution >= 4 is 12.0 Å². The highest BCUT2D eigenvalue weighted by Crippen LogP contribution is 2.44. The lowest BCUT2D eigenvalue weighted by atomic mass is 9.78. The highest BCUT2D eigenvalue weighted by atomic mass is 16.5. The first-order valence-electron chi connectivity index (χ1n) is 9.45. The van der Waals surface area contributed by atoms with Gasteiger partial charge in [-0.1, -0.05) is 31.0 Å². The van der Waals surface area contributed by atoms with Crippen molar-refractivity contribution in [2.45, 2.75) is 43.9 Å². The van der Waals surface area contributed by atoms with Crippen molar-refractivity contribution in [2.24, 2.45) is 5.92 Å². The second kappa shape index (κ2) is 7.98. The maximum Gasteiger partial charge on any atom is 0.317 e. The molecule has 1 aliphatic heterocycles. The first kappa shape index (κ1) is 18.5. The molecule has 3 rings (SSSR count). The summed E-state index contributed by atoms with van der Waals surface area (Å²) in [7, 11) is 1.68. The summed E-state index contributed by atoms with van der Waals surface area (Å²) in [5, 5.41) is 12.3. The van der Waals surface area contributed by atoms with Crippen LogP contribution in [0.2, 0.25) is 0 Å². The Morgan fingerprint density at radius 2 is 2.00 bits per heavy atom. The van der Waals surface area contributed by atoms with Gasteiger partial charge in [-0.3, -0.25) is 4.79 Å². The van der Waals surface area contributed by atoms with Crippen molar-refractivity contribution in [3.8, 4) is 5.75 Å². The van der Waals surface area contributed by atoms with Gasteiger partial charge in [-0.25, -0.2) is 4.79 Å². The molecule has 0 bridgehead atoms. The van der Waals surface area contributed by atoms with Gasteiger partial charge in [0.2, 0.25) is 0 Å². The Kier molecular flexibility index (Phi) is 5.69. The predicted molar refractivity (Wildman–Crippen MR) is 98.5 cm³/mol. The number of carbonyl (C=O) groups is 2. The van der Waals surface area contributed by atoms with Gasteiger partial charge in [-0.15, -0.1) is 0 Å². The number of ether oxygens (including phenoxy) is 1. The van der Waals surface area contributed by atoms with Gasteiger partial charge in [0.1, 0.15) is 5.75 Å². The van der Waals surface area contributed by atoms with Crippen LogP contribution in [0.3, 0.4) is 0 Å². The van der Waals surface area contributed by atoms with Crippen LogP contribution in [0.5, 0.6) is 5.75 Å². The van der Waals surface area contributed by atoms with Gasteiger partial charge in [-0.05, 0) is 31.7 Å². The minimum atomic E-state index is -0.816. The van der Waals surface area contributed by atoms with Crippen LogP contribution in [0.25, 0.3) is 0 Å². The molecule has 1 aromatic carbocycles. The number of aliphatic carboxylic acids is 1. The van der Waals surface area contributed by atoms with Crippen LogP contribution in [0.15, 0.2) is 24.3 Å². The Morgan fingerprint density at radius 1 is 1.27 bits per heavy atom. The number of methoxy groups -OCH3 is 1. The largest absolute Gasteiger partial charge is 0.496 e. The summed E-state index contributed by atoms with van der Waals surface area (Å²) in [5.74, 6) is -0.402. The number of piperidine rings is 1. The molecule has 2 N–H and O–H groups in total. The Labute approximate surface area is 154 Å². The van der Waals surface area contributed by atoms with Gasteiger partial charge in [0, 0.05) is 30.6 Å². The lowest BCUT2D eigenvalue weighted by molar-refractivity contribution is -0.143. The number of likely N-dealkylation sites (tertiary alicyclic amines) is 1. The lowest BCUT2D eigenvalue weighted by Crippen LogP contribution is -2.50. The zero-order valence-electron chi connectivity index (χ0n) is 15.4. The Balaban J connectivity index is 1.69. The van der Waals surface area contributed by atoms with Gasteiger partial charge >= 0.3 is 12.0 Å². The van der Waals surface area contributed by atoms with Crippen molar-refractivity contribution < 1.29 is 19.4 Å². The van der Waals surface area contributed by atoms with Gasteiger partial charge < -0.3 is 20.1 Å². The van der Waals surface area contributed by atoms with E-state index in [9.17, 15) is 14.7 Å². The third kappa shape index (κ3) is 3.79. The zero-order valence-corrected chi connectivity index (χ0v) is 15.4. The first-order chi connectivity index (χ1) is 12.6. The van der Waals surface area contributed by atoms with Crippen molar-refractivity contribution in [3.63, 3.8) is 0 Å². The first-order valence-corrected chi connectivity index (χ1v) is 9.45. The predicted octanol–water partition coefficient (Wildman–Crippen LogP) is 3.01. The fourth-order valence-electron chi connectivity index (χ4n) is 4.40. The minimum Gasteiger partial charge on any atom is -0.496 e. The van der Waals surface area contributed by atoms with E-state index in [1.165, 1.54) is 0 Å². The maximum absolute atomic E-state index is 12.6. The number of benzene rings is 1. The van der Waals surface area contributed by atoms with Crippen LogP contribution in [-0.2, 0) is 10.2 Å². The maximum atomic E-state index is 12.6. The standard InChI is InChI=1S/C20H28N2O4/c1-26-17-9-3-2-8-16(17)20(10-4-5-11-20)14-21-19(25)22-12-6-7-15(13-22)18(23)24/h2-3,8-9,15H,4-7,10-14H2,1H3,(H,21,25)(H,23,24). The number of carboxylic acid groups (broad SMARTS) is 1. The molecule has 0 radical (unpaired) electrons. The second-order valence-electron chi connectivity index (χ2n) is 7.47. The summed E-state index contributed by atoms with van der Waals surface area (Å²) in [6.45, 7) is 1.47. The van der Waals surface area contributed by atoms with Crippen molar-refractivity contribution in [1.82, 2.24) is 10.2 Å². The molecular weight excluding hydrogens is 332 g/mol. The molecule has 1 aliphatic carbocycles. The van der Waals surface area contributed by atoms with Gasteiger partial charge in [0.15, 0.2) is 0 Å². The number of carboxylic acids is 1. The highest BCUT2D eigenvalue weighted by Gasteiger charge is 2.38. The normalized spacial score (nSPS) is 22.0. The van der Waals surface area contributed by atoms with Crippen LogP contribution >= 0.6 is 0 Å². The molecule has 1 saturated heterocycles. The molecule has 1 saturated carbocycles. The fourth-order valence-corrected chi connectivity index (χ4v) is 4.40. The van der Waals surface area contributed by atoms with Crippen molar-refractivity contribution in [3.05, 3.63) is 29.8 Å². The molecule has 26 heavy (non-hydrogen) atoms. The van der Waals surface area contributed by atoms with Gasteiger partial charge in [0.05, 0.1) is 13.0 Å². The molecule has 6 heteroatoms. The Morgan fingerprint density at radius 3 is 2.69 bits per heavy atom. The Hall–Kier alpha value is -2.24. The van der Waals surface area contributed by atoms with Crippen LogP contribution < -0.4 is 10.1 Å². The van der Waals surface area contributed by atoms with E-state index in [2.05, 4.69) is 11.4 Å². The van der Waals surface area contributed by atoms with Crippen LogP contribution in [0.1, 0.15) is 44.1 Å². The molecule has 0 spiro atoms. The smallest absolute Gasteiger partial charge is 0.317 e. The van der Waals surface area contributed by atoms with E-state index in [1.807, 2.05) is 18.2 Å². The quantitative estimate of drug-likeness (QED) is 0.846. The van der Waals surface area contributed by atoms with Crippen molar-refractivity contribution in [2.75, 3.05) is 26.7 Å². The van der Waals surface area contributed by atoms with E-state index < -0.39 is 11.9 Å². The average molecular weight is 360 g/mol. The number of urea groups is 1. The molecule has 2 aliphatic rings. The molecule has 2 fully saturated rings. The lowest BCUT2D eigenvalue weighted by Gasteiger charge is -2.34. The van der Waals surface area contributed by atoms with Gasteiger partial charge in [-0.2, -0.15) is 0 Å². The monoisotopic (exact) mass is 360 g/mol. The average Bonchev–Trinajstić information content (AvgIpc) is 3.16. The summed E-state index contributed by atoms with van der Waals surface area (Å²) in [6, 6.07) is 7.89. The zero-order chi connectivity index (χ0) is 18.6. The van der Waals surface area contributed by atoms with E-state index in [4.69, 9.17) is 4.74 Å². The molecule has 1 atom stereocenters.